The molecule has 1 atom stereocenters. The molecule has 3 aromatic rings. The Bertz CT molecular complexity index is 1430. The van der Waals surface area contributed by atoms with E-state index in [0.717, 1.165) is 16.5 Å². The van der Waals surface area contributed by atoms with Crippen molar-refractivity contribution in [3.63, 3.8) is 0 Å². The maximum absolute atomic E-state index is 13.3. The molecule has 9 heteroatoms. The van der Waals surface area contributed by atoms with E-state index in [9.17, 15) is 24.0 Å². The van der Waals surface area contributed by atoms with E-state index in [4.69, 9.17) is 9.72 Å². The van der Waals surface area contributed by atoms with Crippen LogP contribution in [0.3, 0.4) is 0 Å². The SMILES string of the molecule is C[C@@]1(O)C(=O)OCc2c1cc1n(c2=O)Cc2c-1nc1ccc(O)cc1c2CC[SH](C)(C)=O. The van der Waals surface area contributed by atoms with E-state index >= 15 is 0 Å². The zero-order valence-corrected chi connectivity index (χ0v) is 18.9. The van der Waals surface area contributed by atoms with Gasteiger partial charge in [-0.3, -0.25) is 9.00 Å². The fraction of sp³-hybridized carbons (Fsp3) is 0.348. The van der Waals surface area contributed by atoms with Gasteiger partial charge in [-0.25, -0.2) is 9.78 Å². The van der Waals surface area contributed by atoms with E-state index in [1.165, 1.54) is 6.92 Å². The Morgan fingerprint density at radius 3 is 2.69 bits per heavy atom. The summed E-state index contributed by atoms with van der Waals surface area (Å²) in [6.07, 6.45) is 3.98. The van der Waals surface area contributed by atoms with Crippen molar-refractivity contribution in [2.24, 2.45) is 0 Å². The number of aliphatic hydroxyl groups is 1. The number of aromatic hydroxyl groups is 1. The molecule has 0 saturated carbocycles. The lowest BCUT2D eigenvalue weighted by atomic mass is 9.89. The normalized spacial score (nSPS) is 19.9. The number of phenols is 1. The number of fused-ring (bicyclic) bond motifs is 5. The molecule has 0 amide bonds. The molecule has 2 aliphatic rings. The van der Waals surface area contributed by atoms with Crippen molar-refractivity contribution in [2.75, 3.05) is 18.3 Å². The average Bonchev–Trinajstić information content (AvgIpc) is 3.07. The van der Waals surface area contributed by atoms with Crippen LogP contribution in [0.25, 0.3) is 22.3 Å². The van der Waals surface area contributed by atoms with Gasteiger partial charge in [0.25, 0.3) is 5.56 Å². The number of rotatable bonds is 3. The summed E-state index contributed by atoms with van der Waals surface area (Å²) in [5.41, 5.74) is 1.70. The monoisotopic (exact) mass is 456 g/mol. The highest BCUT2D eigenvalue weighted by atomic mass is 32.2. The first kappa shape index (κ1) is 20.8. The number of thiol groups is 1. The van der Waals surface area contributed by atoms with Gasteiger partial charge in [-0.15, -0.1) is 9.93 Å². The molecule has 0 saturated heterocycles. The van der Waals surface area contributed by atoms with Crippen LogP contribution < -0.4 is 5.56 Å². The minimum absolute atomic E-state index is 0.103. The number of carbonyl (C=O) groups is 1. The zero-order valence-electron chi connectivity index (χ0n) is 18.0. The van der Waals surface area contributed by atoms with Crippen molar-refractivity contribution in [2.45, 2.75) is 32.1 Å². The van der Waals surface area contributed by atoms with Crippen LogP contribution in [0.1, 0.15) is 29.2 Å². The van der Waals surface area contributed by atoms with Crippen LogP contribution in [0.5, 0.6) is 5.75 Å². The molecule has 2 aromatic heterocycles. The van der Waals surface area contributed by atoms with Crippen molar-refractivity contribution in [3.05, 3.63) is 56.9 Å². The molecule has 2 N–H and O–H groups in total. The van der Waals surface area contributed by atoms with Crippen molar-refractivity contribution < 1.29 is 24.0 Å². The second-order valence-corrected chi connectivity index (χ2v) is 12.7. The third-order valence-corrected chi connectivity index (χ3v) is 7.62. The predicted octanol–water partition coefficient (Wildman–Crippen LogP) is 1.21. The molecule has 168 valence electrons. The summed E-state index contributed by atoms with van der Waals surface area (Å²) >= 11 is 0. The predicted molar refractivity (Wildman–Crippen MR) is 122 cm³/mol. The van der Waals surface area contributed by atoms with Gasteiger partial charge in [-0.1, -0.05) is 0 Å². The van der Waals surface area contributed by atoms with Gasteiger partial charge in [0.1, 0.15) is 12.4 Å². The Balaban J connectivity index is 1.78. The minimum Gasteiger partial charge on any atom is -0.508 e. The number of aryl methyl sites for hydroxylation is 1. The summed E-state index contributed by atoms with van der Waals surface area (Å²) in [5.74, 6) is -0.212. The van der Waals surface area contributed by atoms with Crippen LogP contribution in [-0.4, -0.2) is 48.2 Å². The first-order valence-electron chi connectivity index (χ1n) is 10.3. The van der Waals surface area contributed by atoms with E-state index in [0.29, 0.717) is 29.1 Å². The number of phenolic OH excluding ortho intramolecular Hbond substituents is 1. The molecule has 0 bridgehead atoms. The summed E-state index contributed by atoms with van der Waals surface area (Å²) in [7, 11) is -2.31. The highest BCUT2D eigenvalue weighted by molar-refractivity contribution is 8.01. The van der Waals surface area contributed by atoms with Crippen LogP contribution in [0, 0.1) is 0 Å². The largest absolute Gasteiger partial charge is 0.508 e. The Labute approximate surface area is 184 Å². The van der Waals surface area contributed by atoms with Gasteiger partial charge in [0.2, 0.25) is 0 Å². The van der Waals surface area contributed by atoms with Gasteiger partial charge < -0.3 is 19.5 Å². The van der Waals surface area contributed by atoms with Crippen LogP contribution in [0.15, 0.2) is 29.1 Å². The second-order valence-electron chi connectivity index (χ2n) is 9.13. The molecule has 5 rings (SSSR count). The van der Waals surface area contributed by atoms with Crippen LogP contribution in [0.2, 0.25) is 0 Å². The van der Waals surface area contributed by atoms with Gasteiger partial charge in [-0.2, -0.15) is 0 Å². The lowest BCUT2D eigenvalue weighted by molar-refractivity contribution is -0.169. The molecule has 0 radical (unpaired) electrons. The third-order valence-electron chi connectivity index (χ3n) is 6.32. The zero-order chi connectivity index (χ0) is 23.0. The number of carbonyl (C=O) groups excluding carboxylic acids is 1. The molecule has 0 spiro atoms. The first-order chi connectivity index (χ1) is 15.0. The molecule has 32 heavy (non-hydrogen) atoms. The topological polar surface area (TPSA) is 119 Å². The number of ether oxygens (including phenoxy) is 1. The fourth-order valence-electron chi connectivity index (χ4n) is 4.57. The molecular weight excluding hydrogens is 432 g/mol. The Morgan fingerprint density at radius 2 is 1.97 bits per heavy atom. The van der Waals surface area contributed by atoms with E-state index in [2.05, 4.69) is 0 Å². The second kappa shape index (κ2) is 6.73. The van der Waals surface area contributed by atoms with E-state index in [-0.39, 0.29) is 35.6 Å². The van der Waals surface area contributed by atoms with Gasteiger partial charge in [0.15, 0.2) is 5.60 Å². The highest BCUT2D eigenvalue weighted by Gasteiger charge is 2.43. The lowest BCUT2D eigenvalue weighted by Gasteiger charge is -2.29. The summed E-state index contributed by atoms with van der Waals surface area (Å²) in [6.45, 7) is 1.39. The third kappa shape index (κ3) is 3.07. The lowest BCUT2D eigenvalue weighted by Crippen LogP contribution is -2.42. The quantitative estimate of drug-likeness (QED) is 0.313. The van der Waals surface area contributed by atoms with E-state index in [1.807, 2.05) is 0 Å². The maximum atomic E-state index is 13.3. The molecule has 1 aromatic carbocycles. The van der Waals surface area contributed by atoms with Gasteiger partial charge >= 0.3 is 5.97 Å². The summed E-state index contributed by atoms with van der Waals surface area (Å²) in [4.78, 5) is 30.2. The molecule has 0 fully saturated rings. The van der Waals surface area contributed by atoms with Gasteiger partial charge in [-0.05, 0) is 55.7 Å². The Hall–Kier alpha value is -3.04. The van der Waals surface area contributed by atoms with Gasteiger partial charge in [0, 0.05) is 22.3 Å². The van der Waals surface area contributed by atoms with Crippen molar-refractivity contribution in [1.82, 2.24) is 9.55 Å². The number of hydrogen-bond donors (Lipinski definition) is 3. The molecular formula is C23H24N2O6S. The molecule has 8 nitrogen and oxygen atoms in total. The average molecular weight is 457 g/mol. The number of benzene rings is 1. The smallest absolute Gasteiger partial charge is 0.342 e. The number of aromatic nitrogens is 2. The number of pyridine rings is 2. The van der Waals surface area contributed by atoms with Crippen molar-refractivity contribution >= 4 is 26.8 Å². The van der Waals surface area contributed by atoms with Gasteiger partial charge in [0.05, 0.1) is 29.0 Å². The minimum atomic E-state index is -2.31. The Morgan fingerprint density at radius 1 is 1.22 bits per heavy atom. The fourth-order valence-corrected chi connectivity index (χ4v) is 5.33. The summed E-state index contributed by atoms with van der Waals surface area (Å²) in [5, 5.41) is 21.5. The first-order valence-corrected chi connectivity index (χ1v) is 13.1. The molecule has 2 aliphatic heterocycles. The Kier molecular flexibility index (Phi) is 4.38. The van der Waals surface area contributed by atoms with Crippen LogP contribution in [0.4, 0.5) is 0 Å². The van der Waals surface area contributed by atoms with E-state index < -0.39 is 21.5 Å². The van der Waals surface area contributed by atoms with Crippen molar-refractivity contribution in [3.8, 4) is 17.1 Å². The maximum Gasteiger partial charge on any atom is 0.342 e. The summed E-state index contributed by atoms with van der Waals surface area (Å²) < 4.78 is 19.1. The number of nitrogens with zero attached hydrogens (tertiary/aromatic N) is 2. The highest BCUT2D eigenvalue weighted by Crippen LogP contribution is 2.39. The van der Waals surface area contributed by atoms with Crippen LogP contribution in [-0.2, 0) is 44.6 Å². The van der Waals surface area contributed by atoms with Crippen LogP contribution >= 0.6 is 0 Å². The number of hydrogen-bond acceptors (Lipinski definition) is 7. The standard InChI is InChI=1S/C23H24N2O6S/c1-23(29)17-9-19-20-15(10-25(19)21(27)16(17)11-31-22(23)28)13(6-7-32(2,3)30)14-8-12(26)4-5-18(14)24-20/h4-5,8-9,26,29,32H,6-7,10-11H2,1-3H3/t23-/m0/s1. The molecule has 0 unspecified atom stereocenters. The van der Waals surface area contributed by atoms with Crippen molar-refractivity contribution in [1.29, 1.82) is 0 Å². The number of cyclic esters (lactones) is 1. The molecule has 4 heterocycles. The van der Waals surface area contributed by atoms with E-state index in [1.54, 1.807) is 41.3 Å². The summed E-state index contributed by atoms with van der Waals surface area (Å²) in [6, 6.07) is 6.54. The molecule has 0 aliphatic carbocycles. The number of esters is 1.